The Morgan fingerprint density at radius 2 is 2.20 bits per heavy atom. The van der Waals surface area contributed by atoms with Crippen LogP contribution >= 0.6 is 0 Å². The van der Waals surface area contributed by atoms with E-state index in [4.69, 9.17) is 9.15 Å². The minimum absolute atomic E-state index is 0.147. The number of aromatic nitrogens is 1. The maximum absolute atomic E-state index is 11.5. The van der Waals surface area contributed by atoms with Gasteiger partial charge in [0.25, 0.3) is 0 Å². The van der Waals surface area contributed by atoms with E-state index < -0.39 is 5.97 Å². The van der Waals surface area contributed by atoms with E-state index in [0.717, 1.165) is 5.39 Å². The van der Waals surface area contributed by atoms with E-state index in [1.165, 1.54) is 6.26 Å². The van der Waals surface area contributed by atoms with Crippen molar-refractivity contribution < 1.29 is 13.9 Å². The normalized spacial score (nSPS) is 10.9. The van der Waals surface area contributed by atoms with Crippen LogP contribution in [0, 0.1) is 0 Å². The first-order chi connectivity index (χ1) is 7.16. The van der Waals surface area contributed by atoms with Gasteiger partial charge in [-0.2, -0.15) is 0 Å². The number of esters is 1. The summed E-state index contributed by atoms with van der Waals surface area (Å²) in [4.78, 5) is 15.5. The zero-order valence-electron chi connectivity index (χ0n) is 8.56. The van der Waals surface area contributed by atoms with Gasteiger partial charge in [-0.05, 0) is 32.0 Å². The van der Waals surface area contributed by atoms with Crippen molar-refractivity contribution in [1.29, 1.82) is 0 Å². The summed E-state index contributed by atoms with van der Waals surface area (Å²) >= 11 is 0. The summed E-state index contributed by atoms with van der Waals surface area (Å²) in [6.45, 7) is 3.59. The Morgan fingerprint density at radius 3 is 2.93 bits per heavy atom. The molecule has 0 bridgehead atoms. The van der Waals surface area contributed by atoms with E-state index in [1.807, 2.05) is 0 Å². The van der Waals surface area contributed by atoms with Gasteiger partial charge >= 0.3 is 5.97 Å². The van der Waals surface area contributed by atoms with Crippen molar-refractivity contribution in [3.63, 3.8) is 0 Å². The van der Waals surface area contributed by atoms with Gasteiger partial charge in [0.15, 0.2) is 5.69 Å². The molecule has 0 saturated heterocycles. The first kappa shape index (κ1) is 9.71. The Kier molecular flexibility index (Phi) is 2.41. The number of pyridine rings is 1. The molecule has 0 N–H and O–H groups in total. The summed E-state index contributed by atoms with van der Waals surface area (Å²) in [5.74, 6) is -0.427. The second-order valence-electron chi connectivity index (χ2n) is 3.47. The fourth-order valence-corrected chi connectivity index (χ4v) is 1.23. The number of furan rings is 1. The van der Waals surface area contributed by atoms with Crippen molar-refractivity contribution in [2.45, 2.75) is 20.0 Å². The smallest absolute Gasteiger partial charge is 0.357 e. The first-order valence-corrected chi connectivity index (χ1v) is 4.72. The predicted octanol–water partition coefficient (Wildman–Crippen LogP) is 2.39. The number of ether oxygens (including phenoxy) is 1. The van der Waals surface area contributed by atoms with Crippen LogP contribution < -0.4 is 0 Å². The highest BCUT2D eigenvalue weighted by atomic mass is 16.5. The molecule has 0 radical (unpaired) electrons. The summed E-state index contributed by atoms with van der Waals surface area (Å²) in [6, 6.07) is 5.20. The molecule has 2 aromatic heterocycles. The van der Waals surface area contributed by atoms with Gasteiger partial charge in [0.1, 0.15) is 0 Å². The lowest BCUT2D eigenvalue weighted by Gasteiger charge is -2.06. The predicted molar refractivity (Wildman–Crippen MR) is 54.6 cm³/mol. The SMILES string of the molecule is CC(C)OC(=O)c1ccc2ccoc2n1. The van der Waals surface area contributed by atoms with Crippen molar-refractivity contribution in [1.82, 2.24) is 4.98 Å². The van der Waals surface area contributed by atoms with Gasteiger partial charge in [0.2, 0.25) is 5.71 Å². The molecule has 15 heavy (non-hydrogen) atoms. The third kappa shape index (κ3) is 1.98. The number of carbonyl (C=O) groups is 1. The van der Waals surface area contributed by atoms with Crippen LogP contribution in [0.15, 0.2) is 28.9 Å². The molecule has 0 unspecified atom stereocenters. The van der Waals surface area contributed by atoms with Crippen molar-refractivity contribution >= 4 is 17.1 Å². The molecule has 0 aliphatic rings. The van der Waals surface area contributed by atoms with Crippen LogP contribution in [0.2, 0.25) is 0 Å². The number of carbonyl (C=O) groups excluding carboxylic acids is 1. The third-order valence-corrected chi connectivity index (χ3v) is 1.87. The zero-order valence-corrected chi connectivity index (χ0v) is 8.56. The zero-order chi connectivity index (χ0) is 10.8. The van der Waals surface area contributed by atoms with Gasteiger partial charge in [-0.3, -0.25) is 0 Å². The van der Waals surface area contributed by atoms with Gasteiger partial charge in [-0.15, -0.1) is 0 Å². The van der Waals surface area contributed by atoms with E-state index in [-0.39, 0.29) is 11.8 Å². The highest BCUT2D eigenvalue weighted by molar-refractivity contribution is 5.89. The molecule has 0 saturated carbocycles. The molecule has 0 fully saturated rings. The molecule has 0 spiro atoms. The Hall–Kier alpha value is -1.84. The number of hydrogen-bond donors (Lipinski definition) is 0. The largest absolute Gasteiger partial charge is 0.458 e. The lowest BCUT2D eigenvalue weighted by Crippen LogP contribution is -2.12. The molecule has 0 aliphatic heterocycles. The second kappa shape index (κ2) is 3.73. The summed E-state index contributed by atoms with van der Waals surface area (Å²) < 4.78 is 10.1. The van der Waals surface area contributed by atoms with Crippen molar-refractivity contribution in [2.75, 3.05) is 0 Å². The average Bonchev–Trinajstić information content (AvgIpc) is 2.62. The van der Waals surface area contributed by atoms with E-state index in [9.17, 15) is 4.79 Å². The van der Waals surface area contributed by atoms with E-state index in [1.54, 1.807) is 32.0 Å². The van der Waals surface area contributed by atoms with Crippen LogP contribution in [-0.4, -0.2) is 17.1 Å². The Morgan fingerprint density at radius 1 is 1.40 bits per heavy atom. The first-order valence-electron chi connectivity index (χ1n) is 4.72. The summed E-state index contributed by atoms with van der Waals surface area (Å²) in [7, 11) is 0. The Bertz CT molecular complexity index is 487. The molecule has 4 heteroatoms. The van der Waals surface area contributed by atoms with Crippen LogP contribution in [0.5, 0.6) is 0 Å². The molecule has 2 aromatic rings. The van der Waals surface area contributed by atoms with Crippen LogP contribution in [-0.2, 0) is 4.74 Å². The van der Waals surface area contributed by atoms with Crippen LogP contribution in [0.1, 0.15) is 24.3 Å². The third-order valence-electron chi connectivity index (χ3n) is 1.87. The van der Waals surface area contributed by atoms with Gasteiger partial charge in [-0.1, -0.05) is 0 Å². The summed E-state index contributed by atoms with van der Waals surface area (Å²) in [5.41, 5.74) is 0.722. The minimum Gasteiger partial charge on any atom is -0.458 e. The number of fused-ring (bicyclic) bond motifs is 1. The monoisotopic (exact) mass is 205 g/mol. The molecule has 0 atom stereocenters. The van der Waals surface area contributed by atoms with Gasteiger partial charge < -0.3 is 9.15 Å². The fourth-order valence-electron chi connectivity index (χ4n) is 1.23. The molecule has 0 aromatic carbocycles. The van der Waals surface area contributed by atoms with Crippen molar-refractivity contribution in [2.24, 2.45) is 0 Å². The topological polar surface area (TPSA) is 52.3 Å². The number of hydrogen-bond acceptors (Lipinski definition) is 4. The minimum atomic E-state index is -0.427. The van der Waals surface area contributed by atoms with E-state index >= 15 is 0 Å². The highest BCUT2D eigenvalue weighted by Crippen LogP contribution is 2.13. The van der Waals surface area contributed by atoms with Gasteiger partial charge in [0.05, 0.1) is 12.4 Å². The fraction of sp³-hybridized carbons (Fsp3) is 0.273. The lowest BCUT2D eigenvalue weighted by atomic mass is 10.3. The standard InChI is InChI=1S/C11H11NO3/c1-7(2)15-11(13)9-4-3-8-5-6-14-10(8)12-9/h3-7H,1-2H3. The van der Waals surface area contributed by atoms with Crippen LogP contribution in [0.3, 0.4) is 0 Å². The Labute approximate surface area is 86.9 Å². The number of nitrogens with zero attached hydrogens (tertiary/aromatic N) is 1. The Balaban J connectivity index is 2.31. The van der Waals surface area contributed by atoms with Crippen LogP contribution in [0.4, 0.5) is 0 Å². The maximum atomic E-state index is 11.5. The van der Waals surface area contributed by atoms with Crippen LogP contribution in [0.25, 0.3) is 11.1 Å². The summed E-state index contributed by atoms with van der Waals surface area (Å²) in [5, 5.41) is 0.871. The lowest BCUT2D eigenvalue weighted by molar-refractivity contribution is 0.0371. The number of rotatable bonds is 2. The molecule has 0 aliphatic carbocycles. The summed E-state index contributed by atoms with van der Waals surface area (Å²) in [6.07, 6.45) is 1.39. The molecule has 4 nitrogen and oxygen atoms in total. The molecular weight excluding hydrogens is 194 g/mol. The van der Waals surface area contributed by atoms with E-state index in [2.05, 4.69) is 4.98 Å². The van der Waals surface area contributed by atoms with Gasteiger partial charge in [-0.25, -0.2) is 9.78 Å². The molecule has 78 valence electrons. The quantitative estimate of drug-likeness (QED) is 0.706. The molecule has 0 amide bonds. The second-order valence-corrected chi connectivity index (χ2v) is 3.47. The highest BCUT2D eigenvalue weighted by Gasteiger charge is 2.12. The van der Waals surface area contributed by atoms with E-state index in [0.29, 0.717) is 5.71 Å². The molecule has 2 heterocycles. The van der Waals surface area contributed by atoms with Crippen molar-refractivity contribution in [3.8, 4) is 0 Å². The maximum Gasteiger partial charge on any atom is 0.357 e. The molecular formula is C11H11NO3. The average molecular weight is 205 g/mol. The van der Waals surface area contributed by atoms with Crippen molar-refractivity contribution in [3.05, 3.63) is 30.2 Å². The molecule has 2 rings (SSSR count). The van der Waals surface area contributed by atoms with Gasteiger partial charge in [0, 0.05) is 5.39 Å².